The lowest BCUT2D eigenvalue weighted by Crippen LogP contribution is -2.03. The third-order valence-corrected chi connectivity index (χ3v) is 3.90. The molecule has 3 aromatic heterocycles. The van der Waals surface area contributed by atoms with E-state index in [2.05, 4.69) is 16.9 Å². The summed E-state index contributed by atoms with van der Waals surface area (Å²) in [5, 5.41) is 2.02. The molecule has 18 heavy (non-hydrogen) atoms. The van der Waals surface area contributed by atoms with Crippen molar-refractivity contribution >= 4 is 27.9 Å². The number of nitrogens with zero attached hydrogens (tertiary/aromatic N) is 4. The standard InChI is InChI=1S/C12H13ClN4S/c1-2-3-10-14-4-5-17(10)11-9(8-13)16-6-7-18-12(16)15-11/h4-7H,2-3,8H2,1H3. The van der Waals surface area contributed by atoms with Crippen molar-refractivity contribution in [2.24, 2.45) is 0 Å². The highest BCUT2D eigenvalue weighted by atomic mass is 35.5. The highest BCUT2D eigenvalue weighted by Gasteiger charge is 2.15. The Morgan fingerprint density at radius 3 is 3.06 bits per heavy atom. The van der Waals surface area contributed by atoms with E-state index in [9.17, 15) is 0 Å². The van der Waals surface area contributed by atoms with Crippen LogP contribution >= 0.6 is 22.9 Å². The zero-order valence-electron chi connectivity index (χ0n) is 10.0. The number of halogens is 1. The second kappa shape index (κ2) is 4.74. The summed E-state index contributed by atoms with van der Waals surface area (Å²) in [6.07, 6.45) is 7.78. The number of aryl methyl sites for hydroxylation is 1. The van der Waals surface area contributed by atoms with Gasteiger partial charge in [0.15, 0.2) is 10.8 Å². The lowest BCUT2D eigenvalue weighted by molar-refractivity contribution is 0.797. The molecule has 0 radical (unpaired) electrons. The molecule has 0 aliphatic rings. The van der Waals surface area contributed by atoms with E-state index < -0.39 is 0 Å². The number of thiazole rings is 1. The maximum atomic E-state index is 6.07. The molecule has 0 aliphatic heterocycles. The first-order chi connectivity index (χ1) is 8.85. The molecule has 0 spiro atoms. The molecule has 94 valence electrons. The van der Waals surface area contributed by atoms with Crippen molar-refractivity contribution in [3.05, 3.63) is 35.5 Å². The van der Waals surface area contributed by atoms with Crippen molar-refractivity contribution in [1.82, 2.24) is 18.9 Å². The average Bonchev–Trinajstić information content (AvgIpc) is 3.02. The van der Waals surface area contributed by atoms with Crippen molar-refractivity contribution in [1.29, 1.82) is 0 Å². The largest absolute Gasteiger partial charge is 0.291 e. The molecule has 0 bridgehead atoms. The van der Waals surface area contributed by atoms with E-state index in [1.807, 2.05) is 32.9 Å². The van der Waals surface area contributed by atoms with Crippen LogP contribution < -0.4 is 0 Å². The summed E-state index contributed by atoms with van der Waals surface area (Å²) in [6, 6.07) is 0. The van der Waals surface area contributed by atoms with Crippen LogP contribution in [0.3, 0.4) is 0 Å². The summed E-state index contributed by atoms with van der Waals surface area (Å²) < 4.78 is 4.09. The number of aromatic nitrogens is 4. The molecular weight excluding hydrogens is 268 g/mol. The first kappa shape index (κ1) is 11.7. The molecule has 3 heterocycles. The molecule has 0 amide bonds. The van der Waals surface area contributed by atoms with Gasteiger partial charge in [0.25, 0.3) is 0 Å². The van der Waals surface area contributed by atoms with Crippen LogP contribution in [0.2, 0.25) is 0 Å². The second-order valence-electron chi connectivity index (χ2n) is 4.03. The number of rotatable bonds is 4. The van der Waals surface area contributed by atoms with Gasteiger partial charge in [0.1, 0.15) is 5.82 Å². The molecule has 0 N–H and O–H groups in total. The van der Waals surface area contributed by atoms with E-state index in [1.165, 1.54) is 0 Å². The van der Waals surface area contributed by atoms with Gasteiger partial charge in [-0.1, -0.05) is 6.92 Å². The molecule has 3 rings (SSSR count). The van der Waals surface area contributed by atoms with E-state index in [1.54, 1.807) is 11.3 Å². The molecule has 0 aromatic carbocycles. The predicted octanol–water partition coefficient (Wildman–Crippen LogP) is 3.27. The van der Waals surface area contributed by atoms with Crippen molar-refractivity contribution in [3.63, 3.8) is 0 Å². The van der Waals surface area contributed by atoms with Gasteiger partial charge >= 0.3 is 0 Å². The third kappa shape index (κ3) is 1.74. The number of hydrogen-bond donors (Lipinski definition) is 0. The minimum absolute atomic E-state index is 0.441. The van der Waals surface area contributed by atoms with Gasteiger partial charge < -0.3 is 0 Å². The van der Waals surface area contributed by atoms with Gasteiger partial charge in [-0.05, 0) is 6.42 Å². The summed E-state index contributed by atoms with van der Waals surface area (Å²) in [7, 11) is 0. The first-order valence-electron chi connectivity index (χ1n) is 5.88. The Hall–Kier alpha value is -1.33. The van der Waals surface area contributed by atoms with Crippen LogP contribution in [0.15, 0.2) is 24.0 Å². The summed E-state index contributed by atoms with van der Waals surface area (Å²) in [5.74, 6) is 2.38. The molecule has 0 aliphatic carbocycles. The zero-order chi connectivity index (χ0) is 12.5. The number of alkyl halides is 1. The lowest BCUT2D eigenvalue weighted by atomic mass is 10.3. The van der Waals surface area contributed by atoms with Gasteiger partial charge in [0.2, 0.25) is 0 Å². The first-order valence-corrected chi connectivity index (χ1v) is 7.29. The van der Waals surface area contributed by atoms with E-state index in [4.69, 9.17) is 11.6 Å². The van der Waals surface area contributed by atoms with E-state index in [0.717, 1.165) is 35.1 Å². The lowest BCUT2D eigenvalue weighted by Gasteiger charge is -2.05. The van der Waals surface area contributed by atoms with Crippen molar-refractivity contribution in [2.45, 2.75) is 25.6 Å². The fourth-order valence-electron chi connectivity index (χ4n) is 2.07. The summed E-state index contributed by atoms with van der Waals surface area (Å²) in [4.78, 5) is 10.0. The van der Waals surface area contributed by atoms with Crippen molar-refractivity contribution < 1.29 is 0 Å². The SMILES string of the molecule is CCCc1nccn1-c1nc2sccn2c1CCl. The Morgan fingerprint density at radius 1 is 1.39 bits per heavy atom. The third-order valence-electron chi connectivity index (χ3n) is 2.89. The van der Waals surface area contributed by atoms with Crippen LogP contribution in [0.5, 0.6) is 0 Å². The zero-order valence-corrected chi connectivity index (χ0v) is 11.6. The van der Waals surface area contributed by atoms with Crippen LogP contribution in [0.25, 0.3) is 10.8 Å². The highest BCUT2D eigenvalue weighted by molar-refractivity contribution is 7.15. The second-order valence-corrected chi connectivity index (χ2v) is 5.18. The quantitative estimate of drug-likeness (QED) is 0.688. The maximum absolute atomic E-state index is 6.07. The Balaban J connectivity index is 2.17. The van der Waals surface area contributed by atoms with Crippen LogP contribution in [-0.4, -0.2) is 18.9 Å². The molecule has 4 nitrogen and oxygen atoms in total. The van der Waals surface area contributed by atoms with E-state index in [-0.39, 0.29) is 0 Å². The summed E-state index contributed by atoms with van der Waals surface area (Å²) in [6.45, 7) is 2.15. The Kier molecular flexibility index (Phi) is 3.09. The molecule has 0 fully saturated rings. The van der Waals surface area contributed by atoms with Crippen molar-refractivity contribution in [3.8, 4) is 5.82 Å². The van der Waals surface area contributed by atoms with Gasteiger partial charge in [-0.15, -0.1) is 22.9 Å². The molecule has 3 aromatic rings. The summed E-state index contributed by atoms with van der Waals surface area (Å²) in [5.41, 5.74) is 1.02. The highest BCUT2D eigenvalue weighted by Crippen LogP contribution is 2.23. The van der Waals surface area contributed by atoms with Gasteiger partial charge in [-0.3, -0.25) is 8.97 Å². The van der Waals surface area contributed by atoms with E-state index in [0.29, 0.717) is 5.88 Å². The normalized spacial score (nSPS) is 11.4. The number of fused-ring (bicyclic) bond motifs is 1. The molecule has 0 unspecified atom stereocenters. The summed E-state index contributed by atoms with van der Waals surface area (Å²) >= 11 is 7.68. The average molecular weight is 281 g/mol. The molecule has 0 atom stereocenters. The minimum Gasteiger partial charge on any atom is -0.291 e. The molecule has 0 saturated carbocycles. The van der Waals surface area contributed by atoms with Crippen LogP contribution in [0.1, 0.15) is 24.9 Å². The topological polar surface area (TPSA) is 35.1 Å². The Labute approximate surface area is 114 Å². The van der Waals surface area contributed by atoms with Gasteiger partial charge in [-0.2, -0.15) is 0 Å². The molecule has 0 saturated heterocycles. The minimum atomic E-state index is 0.441. The van der Waals surface area contributed by atoms with Crippen LogP contribution in [0.4, 0.5) is 0 Å². The maximum Gasteiger partial charge on any atom is 0.195 e. The van der Waals surface area contributed by atoms with Gasteiger partial charge in [0.05, 0.1) is 11.6 Å². The number of imidazole rings is 2. The molecule has 6 heteroatoms. The van der Waals surface area contributed by atoms with Gasteiger partial charge in [0, 0.05) is 30.4 Å². The van der Waals surface area contributed by atoms with Crippen LogP contribution in [0, 0.1) is 0 Å². The predicted molar refractivity (Wildman–Crippen MR) is 73.7 cm³/mol. The van der Waals surface area contributed by atoms with Crippen molar-refractivity contribution in [2.75, 3.05) is 0 Å². The fourth-order valence-corrected chi connectivity index (χ4v) is 3.05. The number of hydrogen-bond acceptors (Lipinski definition) is 3. The Bertz CT molecular complexity index is 667. The van der Waals surface area contributed by atoms with Crippen LogP contribution in [-0.2, 0) is 12.3 Å². The molecular formula is C12H13ClN4S. The Morgan fingerprint density at radius 2 is 2.28 bits per heavy atom. The van der Waals surface area contributed by atoms with E-state index >= 15 is 0 Å². The fraction of sp³-hybridized carbons (Fsp3) is 0.333. The van der Waals surface area contributed by atoms with Gasteiger partial charge in [-0.25, -0.2) is 9.97 Å². The monoisotopic (exact) mass is 280 g/mol. The smallest absolute Gasteiger partial charge is 0.195 e.